The van der Waals surface area contributed by atoms with Gasteiger partial charge >= 0.3 is 12.1 Å². The lowest BCUT2D eigenvalue weighted by atomic mass is 9.69. The van der Waals surface area contributed by atoms with Gasteiger partial charge in [0, 0.05) is 11.7 Å². The second-order valence-corrected chi connectivity index (χ2v) is 9.57. The Labute approximate surface area is 193 Å². The predicted molar refractivity (Wildman–Crippen MR) is 117 cm³/mol. The van der Waals surface area contributed by atoms with Crippen LogP contribution in [0.15, 0.2) is 48.7 Å². The van der Waals surface area contributed by atoms with Crippen LogP contribution in [0.3, 0.4) is 0 Å². The van der Waals surface area contributed by atoms with Gasteiger partial charge < -0.3 is 9.51 Å². The van der Waals surface area contributed by atoms with Crippen LogP contribution in [0.4, 0.5) is 13.2 Å². The summed E-state index contributed by atoms with van der Waals surface area (Å²) in [5, 5.41) is 9.36. The average Bonchev–Trinajstić information content (AvgIpc) is 3.40. The molecule has 172 valence electrons. The number of carboxylic acid groups (broad SMARTS) is 1. The Bertz CT molecular complexity index is 1280. The number of aromatic nitrogens is 1. The number of carbonyl (C=O) groups excluding carboxylic acids is 1. The van der Waals surface area contributed by atoms with Crippen LogP contribution in [0.5, 0.6) is 0 Å². The third-order valence-corrected chi connectivity index (χ3v) is 7.63. The summed E-state index contributed by atoms with van der Waals surface area (Å²) >= 11 is 6.09. The fraction of sp³-hybridized carbons (Fsp3) is 0.360. The molecule has 5 rings (SSSR count). The van der Waals surface area contributed by atoms with Gasteiger partial charge in [-0.2, -0.15) is 13.2 Å². The number of ketones is 1. The first-order valence-electron chi connectivity index (χ1n) is 10.9. The molecule has 0 aliphatic heterocycles. The van der Waals surface area contributed by atoms with Crippen molar-refractivity contribution in [2.45, 2.75) is 44.2 Å². The highest BCUT2D eigenvalue weighted by Crippen LogP contribution is 2.62. The van der Waals surface area contributed by atoms with Crippen molar-refractivity contribution in [3.63, 3.8) is 0 Å². The van der Waals surface area contributed by atoms with E-state index in [1.807, 2.05) is 12.1 Å². The van der Waals surface area contributed by atoms with E-state index in [0.717, 1.165) is 30.0 Å². The van der Waals surface area contributed by atoms with Crippen LogP contribution in [0.25, 0.3) is 5.52 Å². The molecule has 1 aromatic carbocycles. The predicted octanol–water partition coefficient (Wildman–Crippen LogP) is 6.59. The quantitative estimate of drug-likeness (QED) is 0.433. The van der Waals surface area contributed by atoms with E-state index in [9.17, 15) is 27.9 Å². The Morgan fingerprint density at radius 3 is 2.52 bits per heavy atom. The Morgan fingerprint density at radius 2 is 1.85 bits per heavy atom. The number of fused-ring (bicyclic) bond motifs is 1. The maximum Gasteiger partial charge on any atom is 0.417 e. The van der Waals surface area contributed by atoms with E-state index in [0.29, 0.717) is 19.3 Å². The zero-order valence-electron chi connectivity index (χ0n) is 17.5. The van der Waals surface area contributed by atoms with Crippen LogP contribution in [0.2, 0.25) is 5.02 Å². The SMILES string of the molecule is O=C(c1c(Cl)cccc1C(F)(F)F)c1cc(C2CCC(C(=O)O)C3(CC3)C2)c2ccccn12. The van der Waals surface area contributed by atoms with E-state index in [4.69, 9.17) is 11.6 Å². The standard InChI is InChI=1S/C25H21ClF3NO3/c26-18-5-3-4-16(25(27,28)29)21(18)22(31)20-12-15(19-6-1-2-11-30(19)20)14-7-8-17(23(32)33)24(13-14)9-10-24/h1-6,11-12,14,17H,7-10,13H2,(H,32,33). The third kappa shape index (κ3) is 3.62. The third-order valence-electron chi connectivity index (χ3n) is 7.31. The van der Waals surface area contributed by atoms with Crippen molar-refractivity contribution >= 4 is 28.9 Å². The molecule has 2 saturated carbocycles. The summed E-state index contributed by atoms with van der Waals surface area (Å²) < 4.78 is 42.5. The smallest absolute Gasteiger partial charge is 0.417 e. The van der Waals surface area contributed by atoms with E-state index < -0.39 is 29.1 Å². The van der Waals surface area contributed by atoms with Crippen molar-refractivity contribution in [1.29, 1.82) is 0 Å². The Kier molecular flexibility index (Phi) is 5.08. The number of carboxylic acids is 1. The molecule has 2 heterocycles. The van der Waals surface area contributed by atoms with E-state index in [1.54, 1.807) is 22.7 Å². The molecule has 1 N–H and O–H groups in total. The lowest BCUT2D eigenvalue weighted by Crippen LogP contribution is -2.31. The van der Waals surface area contributed by atoms with Gasteiger partial charge in [0.2, 0.25) is 5.78 Å². The maximum atomic E-state index is 13.6. The van der Waals surface area contributed by atoms with Crippen LogP contribution in [0.1, 0.15) is 65.2 Å². The van der Waals surface area contributed by atoms with Crippen molar-refractivity contribution < 1.29 is 27.9 Å². The van der Waals surface area contributed by atoms with E-state index in [2.05, 4.69) is 0 Å². The fourth-order valence-electron chi connectivity index (χ4n) is 5.57. The lowest BCUT2D eigenvalue weighted by molar-refractivity contribution is -0.146. The van der Waals surface area contributed by atoms with Gasteiger partial charge in [0.15, 0.2) is 0 Å². The summed E-state index contributed by atoms with van der Waals surface area (Å²) in [6, 6.07) is 10.4. The minimum atomic E-state index is -4.72. The topological polar surface area (TPSA) is 58.8 Å². The number of alkyl halides is 3. The molecular formula is C25H21ClF3NO3. The zero-order valence-corrected chi connectivity index (χ0v) is 18.3. The molecule has 2 aliphatic rings. The summed E-state index contributed by atoms with van der Waals surface area (Å²) in [7, 11) is 0. The first-order valence-corrected chi connectivity index (χ1v) is 11.2. The van der Waals surface area contributed by atoms with Crippen molar-refractivity contribution in [3.8, 4) is 0 Å². The van der Waals surface area contributed by atoms with Gasteiger partial charge in [-0.3, -0.25) is 9.59 Å². The fourth-order valence-corrected chi connectivity index (χ4v) is 5.83. The molecule has 0 bridgehead atoms. The monoisotopic (exact) mass is 475 g/mol. The van der Waals surface area contributed by atoms with Crippen LogP contribution < -0.4 is 0 Å². The number of hydrogen-bond donors (Lipinski definition) is 1. The van der Waals surface area contributed by atoms with Crippen molar-refractivity contribution in [1.82, 2.24) is 4.40 Å². The van der Waals surface area contributed by atoms with Crippen molar-refractivity contribution in [3.05, 3.63) is 76.1 Å². The minimum Gasteiger partial charge on any atom is -0.481 e. The molecule has 2 atom stereocenters. The molecule has 4 nitrogen and oxygen atoms in total. The Balaban J connectivity index is 1.59. The van der Waals surface area contributed by atoms with E-state index in [-0.39, 0.29) is 28.0 Å². The average molecular weight is 476 g/mol. The van der Waals surface area contributed by atoms with Crippen LogP contribution in [-0.2, 0) is 11.0 Å². The number of halogens is 4. The number of aliphatic carboxylic acids is 1. The van der Waals surface area contributed by atoms with Crippen LogP contribution >= 0.6 is 11.6 Å². The molecule has 0 amide bonds. The number of rotatable bonds is 4. The molecule has 2 fully saturated rings. The molecule has 2 aromatic heterocycles. The van der Waals surface area contributed by atoms with Gasteiger partial charge in [-0.25, -0.2) is 0 Å². The molecule has 33 heavy (non-hydrogen) atoms. The lowest BCUT2D eigenvalue weighted by Gasteiger charge is -2.34. The maximum absolute atomic E-state index is 13.6. The molecular weight excluding hydrogens is 455 g/mol. The van der Waals surface area contributed by atoms with E-state index >= 15 is 0 Å². The Hall–Kier alpha value is -2.80. The molecule has 8 heteroatoms. The second-order valence-electron chi connectivity index (χ2n) is 9.16. The largest absolute Gasteiger partial charge is 0.481 e. The summed E-state index contributed by atoms with van der Waals surface area (Å²) in [6.45, 7) is 0. The van der Waals surface area contributed by atoms with Gasteiger partial charge in [-0.05, 0) is 79.3 Å². The Morgan fingerprint density at radius 1 is 1.09 bits per heavy atom. The number of hydrogen-bond acceptors (Lipinski definition) is 2. The summed E-state index contributed by atoms with van der Waals surface area (Å²) in [5.41, 5.74) is -0.107. The number of nitrogens with zero attached hydrogens (tertiary/aromatic N) is 1. The highest BCUT2D eigenvalue weighted by atomic mass is 35.5. The summed E-state index contributed by atoms with van der Waals surface area (Å²) in [6.07, 6.45) is 0.577. The molecule has 0 radical (unpaired) electrons. The summed E-state index contributed by atoms with van der Waals surface area (Å²) in [4.78, 5) is 25.2. The van der Waals surface area contributed by atoms with E-state index in [1.165, 1.54) is 12.1 Å². The van der Waals surface area contributed by atoms with Gasteiger partial charge in [0.25, 0.3) is 0 Å². The highest BCUT2D eigenvalue weighted by Gasteiger charge is 2.55. The van der Waals surface area contributed by atoms with Crippen molar-refractivity contribution in [2.75, 3.05) is 0 Å². The molecule has 1 spiro atoms. The van der Waals surface area contributed by atoms with Crippen LogP contribution in [-0.4, -0.2) is 21.3 Å². The van der Waals surface area contributed by atoms with Crippen molar-refractivity contribution in [2.24, 2.45) is 11.3 Å². The first kappa shape index (κ1) is 22.0. The number of benzene rings is 1. The first-order chi connectivity index (χ1) is 15.6. The summed E-state index contributed by atoms with van der Waals surface area (Å²) in [5.74, 6) is -1.88. The van der Waals surface area contributed by atoms with Gasteiger partial charge in [-0.15, -0.1) is 0 Å². The highest BCUT2D eigenvalue weighted by molar-refractivity contribution is 6.35. The second kappa shape index (κ2) is 7.62. The van der Waals surface area contributed by atoms with Gasteiger partial charge in [0.1, 0.15) is 0 Å². The molecule has 3 aromatic rings. The number of pyridine rings is 1. The number of carbonyl (C=O) groups is 2. The normalized spacial score (nSPS) is 21.9. The molecule has 0 saturated heterocycles. The zero-order chi connectivity index (χ0) is 23.5. The van der Waals surface area contributed by atoms with Crippen LogP contribution in [0, 0.1) is 11.3 Å². The van der Waals surface area contributed by atoms with Gasteiger partial charge in [0.05, 0.1) is 27.8 Å². The minimum absolute atomic E-state index is 0.0374. The molecule has 2 unspecified atom stereocenters. The molecule has 2 aliphatic carbocycles. The van der Waals surface area contributed by atoms with Gasteiger partial charge in [-0.1, -0.05) is 23.7 Å².